The van der Waals surface area contributed by atoms with Crippen molar-refractivity contribution in [2.24, 2.45) is 0 Å². The van der Waals surface area contributed by atoms with Gasteiger partial charge in [0.05, 0.1) is 18.9 Å². The van der Waals surface area contributed by atoms with Gasteiger partial charge >= 0.3 is 18.3 Å². The summed E-state index contributed by atoms with van der Waals surface area (Å²) in [6.45, 7) is 0.939. The van der Waals surface area contributed by atoms with Crippen LogP contribution in [0.1, 0.15) is 27.0 Å². The van der Waals surface area contributed by atoms with Crippen molar-refractivity contribution < 1.29 is 32.8 Å². The summed E-state index contributed by atoms with van der Waals surface area (Å²) < 4.78 is 34.8. The number of aliphatic hydroxyl groups excluding tert-OH is 1. The maximum Gasteiger partial charge on any atom is 0.330 e. The number of carbonyl (C=O) groups is 1. The standard InChI is InChI=1S/C21H25Cl2FN3O8PS/c1-11(2)33-18(30)12(3)26-36(37,35-13-7-5-4-6-8-13)32-10-15-16(28)21(22,23)19(34-15)27-9-14(24)17(29)25-20(27)31/h4-9,11-12,15-16,19,28H,10H2,1-3H3,(H,26,37)(H,25,29,31). The van der Waals surface area contributed by atoms with E-state index in [-0.39, 0.29) is 6.10 Å². The smallest absolute Gasteiger partial charge is 0.330 e. The van der Waals surface area contributed by atoms with Crippen LogP contribution in [-0.2, 0) is 30.6 Å². The molecule has 16 heteroatoms. The van der Waals surface area contributed by atoms with Crippen molar-refractivity contribution in [3.05, 3.63) is 63.2 Å². The molecule has 0 amide bonds. The number of aromatic nitrogens is 2. The Morgan fingerprint density at radius 3 is 2.59 bits per heavy atom. The van der Waals surface area contributed by atoms with Crippen molar-refractivity contribution in [1.82, 2.24) is 14.6 Å². The molecule has 1 aliphatic heterocycles. The van der Waals surface area contributed by atoms with Gasteiger partial charge in [0.2, 0.25) is 5.82 Å². The van der Waals surface area contributed by atoms with Gasteiger partial charge in [0.1, 0.15) is 24.0 Å². The minimum absolute atomic E-state index is 0.341. The van der Waals surface area contributed by atoms with Crippen LogP contribution in [0.3, 0.4) is 0 Å². The van der Waals surface area contributed by atoms with E-state index in [4.69, 9.17) is 53.5 Å². The molecule has 1 saturated heterocycles. The van der Waals surface area contributed by atoms with E-state index in [9.17, 15) is 23.9 Å². The lowest BCUT2D eigenvalue weighted by atomic mass is 10.2. The topological polar surface area (TPSA) is 141 Å². The molecule has 0 aliphatic carbocycles. The highest BCUT2D eigenvalue weighted by atomic mass is 35.5. The van der Waals surface area contributed by atoms with Crippen molar-refractivity contribution in [2.75, 3.05) is 6.61 Å². The third kappa shape index (κ3) is 7.18. The van der Waals surface area contributed by atoms with Crippen LogP contribution < -0.4 is 20.9 Å². The molecule has 204 valence electrons. The molecule has 3 rings (SSSR count). The molecule has 2 heterocycles. The van der Waals surface area contributed by atoms with E-state index in [1.165, 1.54) is 6.92 Å². The number of benzene rings is 1. The van der Waals surface area contributed by atoms with Crippen LogP contribution in [0.25, 0.3) is 0 Å². The van der Waals surface area contributed by atoms with Gasteiger partial charge in [0.25, 0.3) is 5.56 Å². The molecule has 1 aliphatic rings. The van der Waals surface area contributed by atoms with Crippen molar-refractivity contribution in [3.63, 3.8) is 0 Å². The second-order valence-corrected chi connectivity index (χ2v) is 12.9. The summed E-state index contributed by atoms with van der Waals surface area (Å²) in [4.78, 5) is 37.7. The highest BCUT2D eigenvalue weighted by molar-refractivity contribution is 8.09. The maximum atomic E-state index is 13.8. The molecule has 1 aromatic heterocycles. The Hall–Kier alpha value is -1.83. The number of nitrogens with zero attached hydrogens (tertiary/aromatic N) is 1. The highest BCUT2D eigenvalue weighted by Crippen LogP contribution is 2.49. The van der Waals surface area contributed by atoms with Gasteiger partial charge in [-0.15, -0.1) is 0 Å². The van der Waals surface area contributed by atoms with Crippen molar-refractivity contribution >= 4 is 47.6 Å². The molecular weight excluding hydrogens is 575 g/mol. The third-order valence-electron chi connectivity index (χ3n) is 4.99. The number of aliphatic hydroxyl groups is 1. The van der Waals surface area contributed by atoms with Gasteiger partial charge in [-0.2, -0.15) is 4.39 Å². The molecule has 0 radical (unpaired) electrons. The number of alkyl halides is 2. The first-order valence-electron chi connectivity index (χ1n) is 10.9. The van der Waals surface area contributed by atoms with Gasteiger partial charge in [-0.25, -0.2) is 9.88 Å². The molecule has 5 unspecified atom stereocenters. The largest absolute Gasteiger partial charge is 0.462 e. The van der Waals surface area contributed by atoms with Crippen LogP contribution in [0.15, 0.2) is 46.1 Å². The third-order valence-corrected chi connectivity index (χ3v) is 8.31. The summed E-state index contributed by atoms with van der Waals surface area (Å²) >= 11 is 18.1. The van der Waals surface area contributed by atoms with Crippen molar-refractivity contribution in [3.8, 4) is 5.75 Å². The zero-order chi connectivity index (χ0) is 27.5. The fraction of sp³-hybridized carbons (Fsp3) is 0.476. The minimum atomic E-state index is -3.50. The summed E-state index contributed by atoms with van der Waals surface area (Å²) in [5.74, 6) is -1.55. The molecule has 37 heavy (non-hydrogen) atoms. The van der Waals surface area contributed by atoms with E-state index in [0.717, 1.165) is 0 Å². The fourth-order valence-electron chi connectivity index (χ4n) is 3.25. The van der Waals surface area contributed by atoms with Gasteiger partial charge < -0.3 is 23.6 Å². The van der Waals surface area contributed by atoms with Crippen LogP contribution in [0.5, 0.6) is 5.75 Å². The minimum Gasteiger partial charge on any atom is -0.462 e. The fourth-order valence-corrected chi connectivity index (χ4v) is 6.26. The number of nitrogens with one attached hydrogen (secondary N) is 2. The Morgan fingerprint density at radius 2 is 1.97 bits per heavy atom. The quantitative estimate of drug-likeness (QED) is 0.212. The Morgan fingerprint density at radius 1 is 1.32 bits per heavy atom. The molecule has 0 bridgehead atoms. The molecule has 5 atom stereocenters. The molecule has 3 N–H and O–H groups in total. The SMILES string of the molecule is CC(C)OC(=O)C(C)NP(=S)(OCC1OC(n2cc(F)c(=O)[nH]c2=O)C(Cl)(Cl)C1O)Oc1ccccc1. The lowest BCUT2D eigenvalue weighted by Crippen LogP contribution is -2.42. The number of esters is 1. The summed E-state index contributed by atoms with van der Waals surface area (Å²) in [6.07, 6.45) is -4.33. The monoisotopic (exact) mass is 599 g/mol. The highest BCUT2D eigenvalue weighted by Gasteiger charge is 2.56. The van der Waals surface area contributed by atoms with Crippen molar-refractivity contribution in [1.29, 1.82) is 0 Å². The number of para-hydroxylation sites is 1. The van der Waals surface area contributed by atoms with Crippen LogP contribution in [0, 0.1) is 5.82 Å². The van der Waals surface area contributed by atoms with E-state index < -0.39 is 65.1 Å². The number of hydrogen-bond donors (Lipinski definition) is 3. The number of hydrogen-bond acceptors (Lipinski definition) is 9. The Labute approximate surface area is 226 Å². The van der Waals surface area contributed by atoms with Gasteiger partial charge in [0.15, 0.2) is 10.6 Å². The first-order valence-corrected chi connectivity index (χ1v) is 14.3. The number of halogens is 3. The molecule has 11 nitrogen and oxygen atoms in total. The van der Waals surface area contributed by atoms with Crippen LogP contribution in [0.4, 0.5) is 4.39 Å². The summed E-state index contributed by atoms with van der Waals surface area (Å²) in [5.41, 5.74) is -2.31. The van der Waals surface area contributed by atoms with Gasteiger partial charge in [0, 0.05) is 0 Å². The zero-order valence-corrected chi connectivity index (χ0v) is 23.0. The molecule has 0 saturated carbocycles. The van der Waals surface area contributed by atoms with E-state index in [0.29, 0.717) is 16.5 Å². The molecule has 0 spiro atoms. The first kappa shape index (κ1) is 29.7. The predicted molar refractivity (Wildman–Crippen MR) is 137 cm³/mol. The number of aromatic amines is 1. The second-order valence-electron chi connectivity index (χ2n) is 8.32. The Bertz CT molecular complexity index is 1280. The molecule has 2 aromatic rings. The second kappa shape index (κ2) is 11.9. The normalized spacial score (nSPS) is 23.4. The van der Waals surface area contributed by atoms with Crippen LogP contribution in [-0.4, -0.2) is 55.9 Å². The molecule has 1 aromatic carbocycles. The summed E-state index contributed by atoms with van der Waals surface area (Å²) in [5, 5.41) is 13.5. The van der Waals surface area contributed by atoms with E-state index in [1.807, 2.05) is 0 Å². The summed E-state index contributed by atoms with van der Waals surface area (Å²) in [7, 11) is 0. The van der Waals surface area contributed by atoms with Gasteiger partial charge in [-0.05, 0) is 44.7 Å². The first-order chi connectivity index (χ1) is 17.2. The average Bonchev–Trinajstić information content (AvgIpc) is 3.03. The van der Waals surface area contributed by atoms with Crippen LogP contribution >= 0.6 is 29.8 Å². The van der Waals surface area contributed by atoms with E-state index in [2.05, 4.69) is 5.09 Å². The lowest BCUT2D eigenvalue weighted by Gasteiger charge is -2.28. The Balaban J connectivity index is 1.82. The average molecular weight is 600 g/mol. The zero-order valence-electron chi connectivity index (χ0n) is 19.8. The predicted octanol–water partition coefficient (Wildman–Crippen LogP) is 2.36. The number of H-pyrrole nitrogens is 1. The lowest BCUT2D eigenvalue weighted by molar-refractivity contribution is -0.149. The van der Waals surface area contributed by atoms with E-state index >= 15 is 0 Å². The van der Waals surface area contributed by atoms with Crippen LogP contribution in [0.2, 0.25) is 0 Å². The maximum absolute atomic E-state index is 13.8. The molecule has 1 fully saturated rings. The molecular formula is C21H25Cl2FN3O8PS. The number of ether oxygens (including phenoxy) is 2. The van der Waals surface area contributed by atoms with E-state index in [1.54, 1.807) is 49.2 Å². The number of carbonyl (C=O) groups excluding carboxylic acids is 1. The van der Waals surface area contributed by atoms with Gasteiger partial charge in [-0.3, -0.25) is 19.1 Å². The van der Waals surface area contributed by atoms with Gasteiger partial charge in [-0.1, -0.05) is 41.4 Å². The van der Waals surface area contributed by atoms with Crippen molar-refractivity contribution in [2.45, 2.75) is 55.7 Å². The summed E-state index contributed by atoms with van der Waals surface area (Å²) in [6, 6.07) is 7.49. The number of rotatable bonds is 10. The Kier molecular flexibility index (Phi) is 9.57.